The van der Waals surface area contributed by atoms with Crippen molar-refractivity contribution >= 4 is 17.6 Å². The zero-order chi connectivity index (χ0) is 17.6. The molecule has 1 aliphatic carbocycles. The SMILES string of the molecule is O=C1C(N2C[C@@H]3CCC[C@@]3(C(=O)O)C2)CCCN1c1ccccc1F. The number of aliphatic carboxylic acids is 1. The highest BCUT2D eigenvalue weighted by Gasteiger charge is 2.56. The lowest BCUT2D eigenvalue weighted by Gasteiger charge is -2.37. The number of benzene rings is 1. The average molecular weight is 346 g/mol. The highest BCUT2D eigenvalue weighted by atomic mass is 19.1. The minimum Gasteiger partial charge on any atom is -0.481 e. The number of nitrogens with zero attached hydrogens (tertiary/aromatic N) is 2. The van der Waals surface area contributed by atoms with Crippen molar-refractivity contribution in [3.8, 4) is 0 Å². The van der Waals surface area contributed by atoms with Crippen LogP contribution in [0.4, 0.5) is 10.1 Å². The van der Waals surface area contributed by atoms with Crippen LogP contribution in [0.3, 0.4) is 0 Å². The molecular weight excluding hydrogens is 323 g/mol. The highest BCUT2D eigenvalue weighted by molar-refractivity contribution is 5.98. The average Bonchev–Trinajstić information content (AvgIpc) is 3.14. The maximum atomic E-state index is 14.1. The van der Waals surface area contributed by atoms with Gasteiger partial charge in [0.15, 0.2) is 0 Å². The molecule has 3 atom stereocenters. The van der Waals surface area contributed by atoms with E-state index in [2.05, 4.69) is 0 Å². The van der Waals surface area contributed by atoms with Crippen LogP contribution < -0.4 is 4.90 Å². The van der Waals surface area contributed by atoms with Gasteiger partial charge in [-0.05, 0) is 43.7 Å². The Kier molecular flexibility index (Phi) is 4.02. The minimum absolute atomic E-state index is 0.100. The number of fused-ring (bicyclic) bond motifs is 1. The fraction of sp³-hybridized carbons (Fsp3) is 0.579. The van der Waals surface area contributed by atoms with Crippen molar-refractivity contribution in [2.75, 3.05) is 24.5 Å². The molecule has 25 heavy (non-hydrogen) atoms. The molecule has 0 aromatic heterocycles. The van der Waals surface area contributed by atoms with Crippen LogP contribution in [0, 0.1) is 17.2 Å². The largest absolute Gasteiger partial charge is 0.481 e. The standard InChI is InChI=1S/C19H23FN2O3/c20-14-6-1-2-7-15(14)22-10-4-8-16(17(22)23)21-11-13-5-3-9-19(13,12-21)18(24)25/h1-2,6-7,13,16H,3-5,8-12H2,(H,24,25)/t13-,16?,19+/m0/s1. The number of para-hydroxylation sites is 1. The number of hydrogen-bond donors (Lipinski definition) is 1. The zero-order valence-corrected chi connectivity index (χ0v) is 14.2. The Labute approximate surface area is 146 Å². The van der Waals surface area contributed by atoms with E-state index >= 15 is 0 Å². The summed E-state index contributed by atoms with van der Waals surface area (Å²) in [6, 6.07) is 6.01. The van der Waals surface area contributed by atoms with E-state index in [-0.39, 0.29) is 17.9 Å². The van der Waals surface area contributed by atoms with E-state index in [0.717, 1.165) is 19.3 Å². The Morgan fingerprint density at radius 1 is 1.24 bits per heavy atom. The lowest BCUT2D eigenvalue weighted by Crippen LogP contribution is -2.53. The van der Waals surface area contributed by atoms with Gasteiger partial charge in [-0.15, -0.1) is 0 Å². The number of piperidine rings is 1. The molecule has 2 heterocycles. The molecule has 1 saturated carbocycles. The maximum absolute atomic E-state index is 14.1. The number of anilines is 1. The van der Waals surface area contributed by atoms with Crippen molar-refractivity contribution in [2.45, 2.75) is 38.1 Å². The molecule has 2 saturated heterocycles. The number of halogens is 1. The van der Waals surface area contributed by atoms with Gasteiger partial charge in [0, 0.05) is 19.6 Å². The number of carboxylic acid groups (broad SMARTS) is 1. The number of likely N-dealkylation sites (tertiary alicyclic amines) is 1. The number of carbonyl (C=O) groups is 2. The molecular formula is C19H23FN2O3. The molecule has 1 aromatic rings. The summed E-state index contributed by atoms with van der Waals surface area (Å²) in [6.45, 7) is 1.61. The zero-order valence-electron chi connectivity index (χ0n) is 14.2. The van der Waals surface area contributed by atoms with Gasteiger partial charge >= 0.3 is 5.97 Å². The number of carboxylic acids is 1. The molecule has 0 radical (unpaired) electrons. The molecule has 0 spiro atoms. The normalized spacial score (nSPS) is 32.8. The summed E-state index contributed by atoms with van der Waals surface area (Å²) in [7, 11) is 0. The summed E-state index contributed by atoms with van der Waals surface area (Å²) < 4.78 is 14.1. The molecule has 3 aliphatic rings. The minimum atomic E-state index is -0.730. The fourth-order valence-electron chi connectivity index (χ4n) is 5.02. The van der Waals surface area contributed by atoms with Crippen molar-refractivity contribution in [1.82, 2.24) is 4.90 Å². The van der Waals surface area contributed by atoms with Gasteiger partial charge in [-0.1, -0.05) is 18.6 Å². The number of carbonyl (C=O) groups excluding carboxylic acids is 1. The van der Waals surface area contributed by atoms with E-state index in [9.17, 15) is 19.1 Å². The Balaban J connectivity index is 1.57. The second-order valence-corrected chi connectivity index (χ2v) is 7.58. The summed E-state index contributed by atoms with van der Waals surface area (Å²) in [4.78, 5) is 28.5. The van der Waals surface area contributed by atoms with Gasteiger partial charge in [-0.3, -0.25) is 14.5 Å². The maximum Gasteiger partial charge on any atom is 0.311 e. The lowest BCUT2D eigenvalue weighted by atomic mass is 9.81. The lowest BCUT2D eigenvalue weighted by molar-refractivity contribution is -0.149. The highest BCUT2D eigenvalue weighted by Crippen LogP contribution is 2.50. The Hall–Kier alpha value is -1.95. The third-order valence-electron chi connectivity index (χ3n) is 6.32. The van der Waals surface area contributed by atoms with Gasteiger partial charge in [-0.2, -0.15) is 0 Å². The van der Waals surface area contributed by atoms with E-state index < -0.39 is 17.2 Å². The van der Waals surface area contributed by atoms with Gasteiger partial charge in [0.05, 0.1) is 17.1 Å². The van der Waals surface area contributed by atoms with Gasteiger partial charge in [0.2, 0.25) is 5.91 Å². The second kappa shape index (κ2) is 6.09. The summed E-state index contributed by atoms with van der Waals surface area (Å²) in [5.74, 6) is -1.10. The van der Waals surface area contributed by atoms with E-state index in [1.807, 2.05) is 4.90 Å². The van der Waals surface area contributed by atoms with E-state index in [0.29, 0.717) is 38.2 Å². The van der Waals surface area contributed by atoms with E-state index in [1.165, 1.54) is 11.0 Å². The Bertz CT molecular complexity index is 710. The van der Waals surface area contributed by atoms with Crippen molar-refractivity contribution in [3.63, 3.8) is 0 Å². The summed E-state index contributed by atoms with van der Waals surface area (Å²) in [5, 5.41) is 9.75. The molecule has 4 rings (SSSR count). The molecule has 6 heteroatoms. The quantitative estimate of drug-likeness (QED) is 0.914. The van der Waals surface area contributed by atoms with Crippen molar-refractivity contribution < 1.29 is 19.1 Å². The fourth-order valence-corrected chi connectivity index (χ4v) is 5.02. The molecule has 2 aliphatic heterocycles. The summed E-state index contributed by atoms with van der Waals surface area (Å²) in [6.07, 6.45) is 4.07. The third-order valence-corrected chi connectivity index (χ3v) is 6.32. The summed E-state index contributed by atoms with van der Waals surface area (Å²) >= 11 is 0. The molecule has 1 N–H and O–H groups in total. The molecule has 1 unspecified atom stereocenters. The predicted octanol–water partition coefficient (Wildman–Crippen LogP) is 2.51. The Morgan fingerprint density at radius 2 is 2.04 bits per heavy atom. The number of hydrogen-bond acceptors (Lipinski definition) is 3. The van der Waals surface area contributed by atoms with E-state index in [4.69, 9.17) is 0 Å². The van der Waals surface area contributed by atoms with Crippen LogP contribution in [0.15, 0.2) is 24.3 Å². The van der Waals surface area contributed by atoms with Gasteiger partial charge in [0.25, 0.3) is 0 Å². The van der Waals surface area contributed by atoms with Crippen LogP contribution in [0.5, 0.6) is 0 Å². The topological polar surface area (TPSA) is 60.9 Å². The first kappa shape index (κ1) is 16.5. The predicted molar refractivity (Wildman–Crippen MR) is 90.8 cm³/mol. The van der Waals surface area contributed by atoms with Gasteiger partial charge < -0.3 is 10.0 Å². The van der Waals surface area contributed by atoms with Crippen LogP contribution in [-0.4, -0.2) is 47.6 Å². The molecule has 1 aromatic carbocycles. The third kappa shape index (κ3) is 2.54. The smallest absolute Gasteiger partial charge is 0.311 e. The first-order valence-corrected chi connectivity index (χ1v) is 9.06. The van der Waals surface area contributed by atoms with Crippen LogP contribution in [-0.2, 0) is 9.59 Å². The van der Waals surface area contributed by atoms with Crippen LogP contribution in [0.2, 0.25) is 0 Å². The van der Waals surface area contributed by atoms with Crippen molar-refractivity contribution in [1.29, 1.82) is 0 Å². The molecule has 5 nitrogen and oxygen atoms in total. The first-order chi connectivity index (χ1) is 12.0. The number of amides is 1. The second-order valence-electron chi connectivity index (χ2n) is 7.58. The van der Waals surface area contributed by atoms with Crippen LogP contribution >= 0.6 is 0 Å². The van der Waals surface area contributed by atoms with Crippen LogP contribution in [0.25, 0.3) is 0 Å². The van der Waals surface area contributed by atoms with Crippen LogP contribution in [0.1, 0.15) is 32.1 Å². The Morgan fingerprint density at radius 3 is 2.76 bits per heavy atom. The van der Waals surface area contributed by atoms with Crippen molar-refractivity contribution in [3.05, 3.63) is 30.1 Å². The van der Waals surface area contributed by atoms with Gasteiger partial charge in [0.1, 0.15) is 5.82 Å². The number of rotatable bonds is 3. The first-order valence-electron chi connectivity index (χ1n) is 9.06. The molecule has 0 bridgehead atoms. The molecule has 134 valence electrons. The molecule has 3 fully saturated rings. The van der Waals surface area contributed by atoms with Gasteiger partial charge in [-0.25, -0.2) is 4.39 Å². The molecule has 1 amide bonds. The van der Waals surface area contributed by atoms with Crippen molar-refractivity contribution in [2.24, 2.45) is 11.3 Å². The summed E-state index contributed by atoms with van der Waals surface area (Å²) in [5.41, 5.74) is -0.370. The monoisotopic (exact) mass is 346 g/mol. The van der Waals surface area contributed by atoms with E-state index in [1.54, 1.807) is 18.2 Å².